The molecule has 2 unspecified atom stereocenters. The molecule has 5 rings (SSSR count). The summed E-state index contributed by atoms with van der Waals surface area (Å²) < 4.78 is 58.8. The molecule has 2 aliphatic rings. The highest BCUT2D eigenvalue weighted by molar-refractivity contribution is 7.75. The number of rotatable bonds is 10. The quantitative estimate of drug-likeness (QED) is 0.129. The molecule has 4 heterocycles. The topological polar surface area (TPSA) is 67.2 Å². The number of benzene rings is 1. The van der Waals surface area contributed by atoms with Gasteiger partial charge in [0.15, 0.2) is 0 Å². The molecule has 7 nitrogen and oxygen atoms in total. The standard InChI is InChI=1S/C28H34F4N6OS2/c1-2-3-5-17-6-4-7-19-20(17)15-33-26(35-27(19)39-40)22-16-41-28(34-22)18-8-10-37(11-9-18)12-13-38-23(25(31)32)14-21(36-38)24(29)30/h4,6-7,12-14,16,18,24-27,33,35,40H,2-3,5,8-11,15H2,1H3. The van der Waals surface area contributed by atoms with Gasteiger partial charge in [0, 0.05) is 48.9 Å². The molecule has 1 saturated heterocycles. The number of halogens is 4. The smallest absolute Gasteiger partial charge is 0.282 e. The number of unbranched alkanes of at least 4 members (excludes halogenated alkanes) is 1. The molecule has 0 saturated carbocycles. The van der Waals surface area contributed by atoms with Crippen LogP contribution in [-0.2, 0) is 17.1 Å². The van der Waals surface area contributed by atoms with E-state index in [1.165, 1.54) is 17.3 Å². The Morgan fingerprint density at radius 2 is 1.98 bits per heavy atom. The van der Waals surface area contributed by atoms with Crippen LogP contribution in [0.5, 0.6) is 0 Å². The van der Waals surface area contributed by atoms with Crippen LogP contribution in [-0.4, -0.2) is 32.8 Å². The van der Waals surface area contributed by atoms with Crippen molar-refractivity contribution in [3.05, 3.63) is 74.6 Å². The van der Waals surface area contributed by atoms with Gasteiger partial charge in [-0.3, -0.25) is 14.8 Å². The zero-order valence-corrected chi connectivity index (χ0v) is 24.4. The minimum absolute atomic E-state index is 0.206. The molecule has 222 valence electrons. The molecule has 2 N–H and O–H groups in total. The first-order valence-corrected chi connectivity index (χ1v) is 15.1. The van der Waals surface area contributed by atoms with E-state index in [-0.39, 0.29) is 18.3 Å². The number of aromatic nitrogens is 3. The normalized spacial score (nSPS) is 20.3. The van der Waals surface area contributed by atoms with Crippen LogP contribution >= 0.6 is 24.2 Å². The molecule has 1 aromatic carbocycles. The number of hydrogen-bond donors (Lipinski definition) is 3. The van der Waals surface area contributed by atoms with E-state index in [1.54, 1.807) is 17.5 Å². The van der Waals surface area contributed by atoms with Gasteiger partial charge in [-0.1, -0.05) is 31.5 Å². The Kier molecular flexibility index (Phi) is 10.0. The highest BCUT2D eigenvalue weighted by atomic mass is 32.1. The Morgan fingerprint density at radius 1 is 1.17 bits per heavy atom. The summed E-state index contributed by atoms with van der Waals surface area (Å²) in [5.41, 5.74) is 3.34. The van der Waals surface area contributed by atoms with Crippen LogP contribution in [0, 0.1) is 0 Å². The van der Waals surface area contributed by atoms with Crippen molar-refractivity contribution in [3.63, 3.8) is 0 Å². The number of piperidine rings is 1. The van der Waals surface area contributed by atoms with E-state index in [1.807, 2.05) is 4.90 Å². The second-order valence-corrected chi connectivity index (χ2v) is 11.4. The maximum Gasteiger partial charge on any atom is 0.282 e. The zero-order chi connectivity index (χ0) is 28.9. The average Bonchev–Trinajstić information content (AvgIpc) is 3.60. The molecule has 3 aromatic rings. The molecule has 0 aliphatic carbocycles. The van der Waals surface area contributed by atoms with Crippen LogP contribution in [0.3, 0.4) is 0 Å². The van der Waals surface area contributed by atoms with Gasteiger partial charge in [0.2, 0.25) is 0 Å². The predicted molar refractivity (Wildman–Crippen MR) is 154 cm³/mol. The Morgan fingerprint density at radius 3 is 2.68 bits per heavy atom. The summed E-state index contributed by atoms with van der Waals surface area (Å²) in [5, 5.41) is 13.8. The number of thiol groups is 1. The molecular formula is C28H34F4N6OS2. The molecule has 41 heavy (non-hydrogen) atoms. The molecule has 1 fully saturated rings. The summed E-state index contributed by atoms with van der Waals surface area (Å²) in [6.07, 6.45) is 1.53. The second kappa shape index (κ2) is 13.7. The van der Waals surface area contributed by atoms with E-state index < -0.39 is 24.2 Å². The van der Waals surface area contributed by atoms with Crippen molar-refractivity contribution >= 4 is 30.4 Å². The van der Waals surface area contributed by atoms with Gasteiger partial charge in [0.05, 0.1) is 10.7 Å². The Labute approximate surface area is 246 Å². The largest absolute Gasteiger partial charge is 0.376 e. The van der Waals surface area contributed by atoms with Gasteiger partial charge in [0.25, 0.3) is 12.9 Å². The molecule has 2 atom stereocenters. The van der Waals surface area contributed by atoms with Crippen molar-refractivity contribution in [2.45, 2.75) is 76.7 Å². The number of nitrogens with one attached hydrogen (secondary N) is 2. The maximum atomic E-state index is 13.3. The van der Waals surface area contributed by atoms with Crippen LogP contribution < -0.4 is 10.6 Å². The predicted octanol–water partition coefficient (Wildman–Crippen LogP) is 7.12. The maximum absolute atomic E-state index is 13.3. The third kappa shape index (κ3) is 6.96. The van der Waals surface area contributed by atoms with Crippen LogP contribution in [0.4, 0.5) is 17.6 Å². The second-order valence-electron chi connectivity index (χ2n) is 10.3. The van der Waals surface area contributed by atoms with E-state index in [2.05, 4.69) is 59.1 Å². The number of nitrogens with zero attached hydrogens (tertiary/aromatic N) is 4. The first-order chi connectivity index (χ1) is 19.9. The molecule has 2 aromatic heterocycles. The number of likely N-dealkylation sites (tertiary alicyclic amines) is 1. The van der Waals surface area contributed by atoms with E-state index in [0.29, 0.717) is 19.6 Å². The summed E-state index contributed by atoms with van der Waals surface area (Å²) in [4.78, 5) is 6.97. The SMILES string of the molecule is CCCCc1cccc2c1CNC(c1csc(C3CCN(C=Cn4nc(C(F)F)cc4C(F)F)CC3)n1)NC2OS. The van der Waals surface area contributed by atoms with Crippen LogP contribution in [0.25, 0.3) is 6.20 Å². The van der Waals surface area contributed by atoms with Gasteiger partial charge in [-0.25, -0.2) is 27.2 Å². The van der Waals surface area contributed by atoms with Crippen LogP contribution in [0.2, 0.25) is 0 Å². The lowest BCUT2D eigenvalue weighted by molar-refractivity contribution is 0.143. The summed E-state index contributed by atoms with van der Waals surface area (Å²) in [6.45, 7) is 4.26. The van der Waals surface area contributed by atoms with Gasteiger partial charge in [-0.2, -0.15) is 5.10 Å². The van der Waals surface area contributed by atoms with Gasteiger partial charge in [-0.05, 0) is 55.8 Å². The molecule has 0 amide bonds. The van der Waals surface area contributed by atoms with Gasteiger partial charge >= 0.3 is 0 Å². The minimum Gasteiger partial charge on any atom is -0.376 e. The lowest BCUT2D eigenvalue weighted by Crippen LogP contribution is -2.34. The molecule has 13 heteroatoms. The summed E-state index contributed by atoms with van der Waals surface area (Å²) in [7, 11) is 0. The third-order valence-electron chi connectivity index (χ3n) is 7.66. The number of hydrogen-bond acceptors (Lipinski definition) is 8. The lowest BCUT2D eigenvalue weighted by atomic mass is 9.96. The summed E-state index contributed by atoms with van der Waals surface area (Å²) in [6, 6.07) is 7.08. The molecule has 0 spiro atoms. The Bertz CT molecular complexity index is 1320. The third-order valence-corrected chi connectivity index (χ3v) is 8.90. The zero-order valence-electron chi connectivity index (χ0n) is 22.6. The van der Waals surface area contributed by atoms with Crippen molar-refractivity contribution in [1.29, 1.82) is 0 Å². The molecule has 2 aliphatic heterocycles. The lowest BCUT2D eigenvalue weighted by Gasteiger charge is -2.30. The minimum atomic E-state index is -2.90. The van der Waals surface area contributed by atoms with Crippen molar-refractivity contribution in [2.75, 3.05) is 13.1 Å². The van der Waals surface area contributed by atoms with E-state index in [4.69, 9.17) is 9.17 Å². The Balaban J connectivity index is 1.21. The highest BCUT2D eigenvalue weighted by Gasteiger charge is 2.29. The van der Waals surface area contributed by atoms with Crippen molar-refractivity contribution in [1.82, 2.24) is 30.3 Å². The van der Waals surface area contributed by atoms with Gasteiger partial charge in [-0.15, -0.1) is 11.3 Å². The van der Waals surface area contributed by atoms with Crippen LogP contribution in [0.15, 0.2) is 35.8 Å². The van der Waals surface area contributed by atoms with Crippen molar-refractivity contribution < 1.29 is 21.7 Å². The monoisotopic (exact) mass is 610 g/mol. The van der Waals surface area contributed by atoms with Gasteiger partial charge < -0.3 is 4.90 Å². The fourth-order valence-corrected chi connectivity index (χ4v) is 6.58. The number of fused-ring (bicyclic) bond motifs is 1. The van der Waals surface area contributed by atoms with Crippen molar-refractivity contribution in [2.24, 2.45) is 0 Å². The van der Waals surface area contributed by atoms with Crippen LogP contribution in [0.1, 0.15) is 103 Å². The molecular weight excluding hydrogens is 576 g/mol. The average molecular weight is 611 g/mol. The Hall–Kier alpha value is -2.45. The summed E-state index contributed by atoms with van der Waals surface area (Å²) in [5.74, 6) is 0.269. The fraction of sp³-hybridized carbons (Fsp3) is 0.500. The van der Waals surface area contributed by atoms with E-state index in [9.17, 15) is 17.6 Å². The van der Waals surface area contributed by atoms with E-state index in [0.717, 1.165) is 59.1 Å². The number of aryl methyl sites for hydroxylation is 1. The molecule has 0 radical (unpaired) electrons. The highest BCUT2D eigenvalue weighted by Crippen LogP contribution is 2.34. The van der Waals surface area contributed by atoms with Crippen molar-refractivity contribution in [3.8, 4) is 0 Å². The van der Waals surface area contributed by atoms with E-state index >= 15 is 0 Å². The summed E-state index contributed by atoms with van der Waals surface area (Å²) >= 11 is 5.79. The first-order valence-electron chi connectivity index (χ1n) is 13.8. The number of thiazole rings is 1. The number of alkyl halides is 4. The molecule has 0 bridgehead atoms. The first kappa shape index (κ1) is 30.0. The van der Waals surface area contributed by atoms with Gasteiger partial charge in [0.1, 0.15) is 23.8 Å². The fourth-order valence-electron chi connectivity index (χ4n) is 5.39.